The average molecular weight is 703 g/mol. The van der Waals surface area contributed by atoms with Crippen molar-refractivity contribution in [1.29, 1.82) is 0 Å². The first kappa shape index (κ1) is 33.9. The van der Waals surface area contributed by atoms with Crippen LogP contribution in [0.2, 0.25) is 0 Å². The van der Waals surface area contributed by atoms with Gasteiger partial charge >= 0.3 is 257 Å². The van der Waals surface area contributed by atoms with Gasteiger partial charge in [0.05, 0.1) is 0 Å². The zero-order valence-corrected chi connectivity index (χ0v) is 29.1. The van der Waals surface area contributed by atoms with Crippen molar-refractivity contribution < 1.29 is 54.9 Å². The van der Waals surface area contributed by atoms with Crippen LogP contribution >= 0.6 is 0 Å². The van der Waals surface area contributed by atoms with Gasteiger partial charge in [0.25, 0.3) is 0 Å². The van der Waals surface area contributed by atoms with Crippen molar-refractivity contribution in [2.24, 2.45) is 5.41 Å². The first-order valence-electron chi connectivity index (χ1n) is 14.4. The van der Waals surface area contributed by atoms with Crippen LogP contribution in [0.3, 0.4) is 0 Å². The van der Waals surface area contributed by atoms with Crippen LogP contribution in [0.1, 0.15) is 60.6 Å². The molecule has 0 atom stereocenters. The predicted molar refractivity (Wildman–Crippen MR) is 171 cm³/mol. The third-order valence-corrected chi connectivity index (χ3v) is 15.8. The van der Waals surface area contributed by atoms with Crippen LogP contribution in [0.25, 0.3) is 23.3 Å². The Hall–Kier alpha value is -2.97. The molecular weight excluding hydrogens is 669 g/mol. The van der Waals surface area contributed by atoms with Crippen LogP contribution in [-0.4, -0.2) is 3.21 Å². The van der Waals surface area contributed by atoms with Crippen molar-refractivity contribution in [2.75, 3.05) is 0 Å². The molecule has 4 aromatic carbocycles. The molecule has 0 radical (unpaired) electrons. The molecule has 0 N–H and O–H groups in total. The van der Waals surface area contributed by atoms with Crippen molar-refractivity contribution in [3.05, 3.63) is 158 Å². The maximum Gasteiger partial charge on any atom is -1.00 e. The fourth-order valence-electron chi connectivity index (χ4n) is 6.22. The Morgan fingerprint density at radius 2 is 1.39 bits per heavy atom. The van der Waals surface area contributed by atoms with Gasteiger partial charge in [-0.15, -0.1) is 0 Å². The van der Waals surface area contributed by atoms with Gasteiger partial charge in [-0.05, 0) is 0 Å². The van der Waals surface area contributed by atoms with Gasteiger partial charge in [0.1, 0.15) is 0 Å². The molecule has 0 aliphatic heterocycles. The molecule has 0 saturated carbocycles. The molecule has 0 spiro atoms. The fraction of sp³-hybridized carbons (Fsp3) is 0.154. The number of benzene rings is 4. The van der Waals surface area contributed by atoms with E-state index in [1.807, 2.05) is 24.3 Å². The van der Waals surface area contributed by atoms with E-state index < -0.39 is 21.3 Å². The Balaban J connectivity index is 0.00000221. The minimum absolute atomic E-state index is 0. The molecule has 0 amide bonds. The van der Waals surface area contributed by atoms with E-state index in [0.717, 1.165) is 38.3 Å². The summed E-state index contributed by atoms with van der Waals surface area (Å²) in [6.45, 7) is 14.9. The van der Waals surface area contributed by atoms with Gasteiger partial charge in [-0.3, -0.25) is 0 Å². The number of rotatable bonds is 6. The number of fused-ring (bicyclic) bond motifs is 3. The van der Waals surface area contributed by atoms with E-state index >= 15 is 0 Å². The summed E-state index contributed by atoms with van der Waals surface area (Å²) >= 11 is -3.13. The van der Waals surface area contributed by atoms with Crippen LogP contribution in [0.15, 0.2) is 113 Å². The summed E-state index contributed by atoms with van der Waals surface area (Å²) in [6, 6.07) is 24.8. The third kappa shape index (κ3) is 6.52. The quantitative estimate of drug-likeness (QED) is 0.254. The van der Waals surface area contributed by atoms with E-state index in [2.05, 4.69) is 76.4 Å². The van der Waals surface area contributed by atoms with Crippen molar-refractivity contribution in [1.82, 2.24) is 0 Å². The van der Waals surface area contributed by atoms with Crippen molar-refractivity contribution >= 4 is 18.6 Å². The van der Waals surface area contributed by atoms with Gasteiger partial charge in [-0.2, -0.15) is 0 Å². The second-order valence-corrected chi connectivity index (χ2v) is 18.1. The molecule has 2 aliphatic carbocycles. The molecule has 0 bridgehead atoms. The predicted octanol–water partition coefficient (Wildman–Crippen LogP) is 3.60. The Labute approximate surface area is 279 Å². The van der Waals surface area contributed by atoms with Gasteiger partial charge in [0, 0.05) is 0 Å². The molecule has 0 fully saturated rings. The number of allylic oxidation sites excluding steroid dienone is 4. The summed E-state index contributed by atoms with van der Waals surface area (Å²) in [5.41, 5.74) is 10.3. The van der Waals surface area contributed by atoms with E-state index in [0.29, 0.717) is 0 Å². The zero-order valence-electron chi connectivity index (χ0n) is 25.2. The van der Waals surface area contributed by atoms with Crippen LogP contribution in [0, 0.1) is 17.0 Å². The second-order valence-electron chi connectivity index (χ2n) is 12.2. The van der Waals surface area contributed by atoms with Gasteiger partial charge in [-0.25, -0.2) is 0 Å². The summed E-state index contributed by atoms with van der Waals surface area (Å²) in [4.78, 5) is 0. The summed E-state index contributed by atoms with van der Waals surface area (Å²) in [7, 11) is 0. The van der Waals surface area contributed by atoms with Crippen LogP contribution in [0.5, 0.6) is 0 Å². The van der Waals surface area contributed by atoms with E-state index in [9.17, 15) is 8.78 Å². The summed E-state index contributed by atoms with van der Waals surface area (Å²) in [5, 5.41) is 0. The van der Waals surface area contributed by atoms with Gasteiger partial charge in [0.2, 0.25) is 0 Å². The smallest absolute Gasteiger partial charge is 1.00 e. The molecule has 6 rings (SSSR count). The Morgan fingerprint density at radius 3 is 1.93 bits per heavy atom. The van der Waals surface area contributed by atoms with Crippen molar-refractivity contribution in [3.8, 4) is 11.1 Å². The van der Waals surface area contributed by atoms with E-state index in [1.165, 1.54) is 46.5 Å². The molecule has 44 heavy (non-hydrogen) atoms. The Bertz CT molecular complexity index is 1820. The Morgan fingerprint density at radius 1 is 0.773 bits per heavy atom. The molecule has 2 aliphatic rings. The van der Waals surface area contributed by atoms with Gasteiger partial charge < -0.3 is 24.8 Å². The summed E-state index contributed by atoms with van der Waals surface area (Å²) in [6.07, 6.45) is 10.3. The molecular formula is C39H34Cl2F2Zr. The summed E-state index contributed by atoms with van der Waals surface area (Å²) < 4.78 is 33.6. The van der Waals surface area contributed by atoms with E-state index in [-0.39, 0.29) is 41.9 Å². The largest absolute Gasteiger partial charge is 1.00 e. The molecule has 0 unspecified atom stereocenters. The maximum absolute atomic E-state index is 14.9. The second kappa shape index (κ2) is 13.6. The molecule has 0 saturated heterocycles. The van der Waals surface area contributed by atoms with Crippen molar-refractivity contribution in [3.63, 3.8) is 0 Å². The van der Waals surface area contributed by atoms with Crippen LogP contribution in [-0.2, 0) is 27.7 Å². The first-order chi connectivity index (χ1) is 20.2. The molecule has 0 nitrogen and oxygen atoms in total. The topological polar surface area (TPSA) is 0 Å². The van der Waals surface area contributed by atoms with Crippen molar-refractivity contribution in [2.45, 2.75) is 33.6 Å². The number of halogens is 4. The number of hydrogen-bond acceptors (Lipinski definition) is 0. The van der Waals surface area contributed by atoms with Crippen LogP contribution < -0.4 is 28.1 Å². The van der Waals surface area contributed by atoms with Gasteiger partial charge in [0.15, 0.2) is 0 Å². The van der Waals surface area contributed by atoms with Crippen LogP contribution in [0.4, 0.5) is 8.78 Å². The molecule has 0 heterocycles. The monoisotopic (exact) mass is 700 g/mol. The molecule has 5 heteroatoms. The molecule has 4 aromatic rings. The Kier molecular flexibility index (Phi) is 10.5. The SMILES string of the molecule is C=Cc1ccc2c(c1)-c1cc(C=C)c[c]([Zr+2]([C]3=CC(C(C)(C)C)=CC3)=[C](c3cccc(F)c3)c3cccc(F)c3)c1C2.[Cl-].[Cl-]. The minimum Gasteiger partial charge on any atom is -1.00 e. The minimum atomic E-state index is -3.13. The fourth-order valence-corrected chi connectivity index (χ4v) is 14.2. The normalized spacial score (nSPS) is 12.8. The molecule has 222 valence electrons. The standard InChI is InChI=1S/C17H13.C13H8F2.C9H13.2ClH.Zr/c1-3-12-5-7-14-11-15-8-6-13(4-2)10-17(15)16(14)9-12;14-12-5-1-3-10(8-12)7-11-4-2-6-13(15)9-11;1-9(2,3)8-6-4-5-7-8;;;/h3-7,9-10H,1-2,11H2;1-6,8-9H;6-7H,4H2,1-3H3;2*1H;/q;;;;;+2/p-2. The van der Waals surface area contributed by atoms with E-state index in [1.54, 1.807) is 24.3 Å². The maximum atomic E-state index is 14.9. The number of hydrogen-bond donors (Lipinski definition) is 0. The average Bonchev–Trinajstić information content (AvgIpc) is 3.60. The van der Waals surface area contributed by atoms with E-state index in [4.69, 9.17) is 0 Å². The first-order valence-corrected chi connectivity index (χ1v) is 18.1. The molecule has 0 aromatic heterocycles. The zero-order chi connectivity index (χ0) is 29.6. The van der Waals surface area contributed by atoms with Gasteiger partial charge in [-0.1, -0.05) is 0 Å². The summed E-state index contributed by atoms with van der Waals surface area (Å²) in [5.74, 6) is -0.569. The third-order valence-electron chi connectivity index (χ3n) is 8.34.